The zero-order valence-corrected chi connectivity index (χ0v) is 12.2. The summed E-state index contributed by atoms with van der Waals surface area (Å²) in [4.78, 5) is 3.87. The molecule has 0 atom stereocenters. The highest BCUT2D eigenvalue weighted by Gasteiger charge is 2.12. The molecule has 0 fully saturated rings. The van der Waals surface area contributed by atoms with E-state index in [9.17, 15) is 8.42 Å². The van der Waals surface area contributed by atoms with Gasteiger partial charge in [0.05, 0.1) is 5.02 Å². The molecule has 0 bridgehead atoms. The predicted molar refractivity (Wildman–Crippen MR) is 70.4 cm³/mol. The maximum atomic E-state index is 11.4. The van der Waals surface area contributed by atoms with E-state index in [1.54, 1.807) is 0 Å². The number of hydrogen-bond donors (Lipinski definition) is 1. The molecule has 0 aliphatic rings. The zero-order chi connectivity index (χ0) is 13.8. The summed E-state index contributed by atoms with van der Waals surface area (Å²) in [6, 6.07) is 1.50. The van der Waals surface area contributed by atoms with Gasteiger partial charge in [-0.25, -0.2) is 4.98 Å². The molecule has 0 aliphatic carbocycles. The fourth-order valence-electron chi connectivity index (χ4n) is 0.956. The van der Waals surface area contributed by atoms with E-state index in [1.807, 2.05) is 0 Å². The van der Waals surface area contributed by atoms with Crippen LogP contribution in [0.15, 0.2) is 12.3 Å². The van der Waals surface area contributed by atoms with Crippen LogP contribution in [0.25, 0.3) is 0 Å². The molecule has 1 aromatic heterocycles. The molecular weight excluding hydrogens is 301 g/mol. The largest absolute Gasteiger partial charge is 0.475 e. The number of rotatable bonds is 6. The fraction of sp³-hybridized carbons (Fsp3) is 0.444. The summed E-state index contributed by atoms with van der Waals surface area (Å²) >= 11 is 11.5. The molecule has 0 unspecified atom stereocenters. The third-order valence-corrected chi connectivity index (χ3v) is 3.89. The third-order valence-electron chi connectivity index (χ3n) is 1.88. The van der Waals surface area contributed by atoms with Crippen LogP contribution in [0.4, 0.5) is 0 Å². The molecule has 0 radical (unpaired) electrons. The van der Waals surface area contributed by atoms with Crippen LogP contribution in [0.3, 0.4) is 0 Å². The molecule has 102 valence electrons. The fourth-order valence-corrected chi connectivity index (χ4v) is 1.99. The van der Waals surface area contributed by atoms with Gasteiger partial charge in [0.1, 0.15) is 11.6 Å². The molecule has 1 rings (SSSR count). The molecule has 0 saturated carbocycles. The monoisotopic (exact) mass is 313 g/mol. The summed E-state index contributed by atoms with van der Waals surface area (Å²) in [6.07, 6.45) is 1.40. The van der Waals surface area contributed by atoms with E-state index in [-0.39, 0.29) is 24.1 Å². The van der Waals surface area contributed by atoms with Crippen molar-refractivity contribution in [1.82, 2.24) is 14.0 Å². The van der Waals surface area contributed by atoms with Crippen LogP contribution in [0.2, 0.25) is 10.0 Å². The van der Waals surface area contributed by atoms with Crippen LogP contribution in [-0.4, -0.2) is 45.0 Å². The van der Waals surface area contributed by atoms with E-state index in [0.29, 0.717) is 5.02 Å². The Hall–Kier alpha value is -0.600. The Balaban J connectivity index is 2.43. The minimum atomic E-state index is -3.44. The SMILES string of the molecule is CN(C)S(=O)(=O)NCCOc1ncc(Cl)cc1Cl. The van der Waals surface area contributed by atoms with Gasteiger partial charge in [-0.3, -0.25) is 0 Å². The second-order valence-corrected chi connectivity index (χ2v) is 6.28. The van der Waals surface area contributed by atoms with Gasteiger partial charge in [-0.2, -0.15) is 17.4 Å². The molecule has 0 amide bonds. The zero-order valence-electron chi connectivity index (χ0n) is 9.85. The van der Waals surface area contributed by atoms with E-state index in [4.69, 9.17) is 27.9 Å². The number of nitrogens with zero attached hydrogens (tertiary/aromatic N) is 2. The Morgan fingerprint density at radius 3 is 2.67 bits per heavy atom. The maximum Gasteiger partial charge on any atom is 0.279 e. The maximum absolute atomic E-state index is 11.4. The van der Waals surface area contributed by atoms with Crippen LogP contribution < -0.4 is 9.46 Å². The van der Waals surface area contributed by atoms with Crippen molar-refractivity contribution in [3.63, 3.8) is 0 Å². The highest BCUT2D eigenvalue weighted by molar-refractivity contribution is 7.87. The third kappa shape index (κ3) is 4.58. The van der Waals surface area contributed by atoms with Crippen LogP contribution in [-0.2, 0) is 10.2 Å². The first-order valence-corrected chi connectivity index (χ1v) is 7.13. The van der Waals surface area contributed by atoms with Gasteiger partial charge in [-0.1, -0.05) is 23.2 Å². The molecule has 1 aromatic rings. The molecule has 6 nitrogen and oxygen atoms in total. The molecule has 9 heteroatoms. The number of ether oxygens (including phenoxy) is 1. The molecule has 0 saturated heterocycles. The number of halogens is 2. The van der Waals surface area contributed by atoms with Crippen molar-refractivity contribution < 1.29 is 13.2 Å². The van der Waals surface area contributed by atoms with E-state index in [2.05, 4.69) is 9.71 Å². The van der Waals surface area contributed by atoms with Crippen LogP contribution in [0.5, 0.6) is 5.88 Å². The van der Waals surface area contributed by atoms with Gasteiger partial charge >= 0.3 is 0 Å². The highest BCUT2D eigenvalue weighted by atomic mass is 35.5. The molecular formula is C9H13Cl2N3O3S. The summed E-state index contributed by atoms with van der Waals surface area (Å²) in [5, 5.41) is 0.679. The minimum absolute atomic E-state index is 0.112. The second-order valence-electron chi connectivity index (χ2n) is 3.47. The molecule has 18 heavy (non-hydrogen) atoms. The molecule has 0 spiro atoms. The first-order valence-electron chi connectivity index (χ1n) is 4.94. The van der Waals surface area contributed by atoms with Gasteiger partial charge in [0, 0.05) is 26.8 Å². The Morgan fingerprint density at radius 2 is 2.11 bits per heavy atom. The lowest BCUT2D eigenvalue weighted by Crippen LogP contribution is -2.37. The van der Waals surface area contributed by atoms with Crippen molar-refractivity contribution >= 4 is 33.4 Å². The number of hydrogen-bond acceptors (Lipinski definition) is 4. The number of aromatic nitrogens is 1. The Bertz CT molecular complexity index is 508. The average Bonchev–Trinajstić information content (AvgIpc) is 2.26. The van der Waals surface area contributed by atoms with Crippen molar-refractivity contribution in [2.45, 2.75) is 0 Å². The van der Waals surface area contributed by atoms with E-state index in [0.717, 1.165) is 4.31 Å². The predicted octanol–water partition coefficient (Wildman–Crippen LogP) is 1.16. The summed E-state index contributed by atoms with van der Waals surface area (Å²) < 4.78 is 31.3. The van der Waals surface area contributed by atoms with Crippen molar-refractivity contribution in [2.24, 2.45) is 0 Å². The lowest BCUT2D eigenvalue weighted by molar-refractivity contribution is 0.309. The van der Waals surface area contributed by atoms with Crippen molar-refractivity contribution in [1.29, 1.82) is 0 Å². The van der Waals surface area contributed by atoms with Crippen molar-refractivity contribution in [3.05, 3.63) is 22.3 Å². The molecule has 0 aromatic carbocycles. The van der Waals surface area contributed by atoms with Gasteiger partial charge in [0.25, 0.3) is 10.2 Å². The van der Waals surface area contributed by atoms with Gasteiger partial charge in [0.15, 0.2) is 0 Å². The normalized spacial score (nSPS) is 11.8. The first kappa shape index (κ1) is 15.5. The number of nitrogens with one attached hydrogen (secondary N) is 1. The lowest BCUT2D eigenvalue weighted by Gasteiger charge is -2.12. The Labute approximate surface area is 116 Å². The minimum Gasteiger partial charge on any atom is -0.475 e. The smallest absolute Gasteiger partial charge is 0.279 e. The van der Waals surface area contributed by atoms with Crippen molar-refractivity contribution in [2.75, 3.05) is 27.2 Å². The van der Waals surface area contributed by atoms with E-state index >= 15 is 0 Å². The average molecular weight is 314 g/mol. The first-order chi connectivity index (χ1) is 8.33. The van der Waals surface area contributed by atoms with E-state index in [1.165, 1.54) is 26.4 Å². The topological polar surface area (TPSA) is 71.5 Å². The summed E-state index contributed by atoms with van der Waals surface area (Å²) in [5.41, 5.74) is 0. The standard InChI is InChI=1S/C9H13Cl2N3O3S/c1-14(2)18(15,16)13-3-4-17-9-8(11)5-7(10)6-12-9/h5-6,13H,3-4H2,1-2H3. The summed E-state index contributed by atoms with van der Waals surface area (Å²) in [6.45, 7) is 0.225. The van der Waals surface area contributed by atoms with Gasteiger partial charge < -0.3 is 4.74 Å². The summed E-state index contributed by atoms with van der Waals surface area (Å²) in [5.74, 6) is 0.213. The van der Waals surface area contributed by atoms with Crippen LogP contribution in [0, 0.1) is 0 Å². The van der Waals surface area contributed by atoms with Gasteiger partial charge in [-0.15, -0.1) is 0 Å². The second kappa shape index (κ2) is 6.53. The quantitative estimate of drug-likeness (QED) is 0.800. The van der Waals surface area contributed by atoms with Crippen LogP contribution in [0.1, 0.15) is 0 Å². The van der Waals surface area contributed by atoms with Crippen LogP contribution >= 0.6 is 23.2 Å². The van der Waals surface area contributed by atoms with Crippen molar-refractivity contribution in [3.8, 4) is 5.88 Å². The number of pyridine rings is 1. The van der Waals surface area contributed by atoms with E-state index < -0.39 is 10.2 Å². The molecule has 1 N–H and O–H groups in total. The lowest BCUT2D eigenvalue weighted by atomic mass is 10.5. The van der Waals surface area contributed by atoms with Gasteiger partial charge in [0.2, 0.25) is 5.88 Å². The van der Waals surface area contributed by atoms with Gasteiger partial charge in [-0.05, 0) is 6.07 Å². The molecule has 1 heterocycles. The Morgan fingerprint density at radius 1 is 1.44 bits per heavy atom. The summed E-state index contributed by atoms with van der Waals surface area (Å²) in [7, 11) is -0.578. The molecule has 0 aliphatic heterocycles. The highest BCUT2D eigenvalue weighted by Crippen LogP contribution is 2.24. The Kier molecular flexibility index (Phi) is 5.61.